The maximum absolute atomic E-state index is 12.3. The number of allylic oxidation sites excluding steroid dienone is 1. The Hall–Kier alpha value is -1.13. The van der Waals surface area contributed by atoms with Crippen LogP contribution < -0.4 is 4.72 Å². The molecule has 0 aliphatic heterocycles. The van der Waals surface area contributed by atoms with Crippen molar-refractivity contribution in [2.24, 2.45) is 5.41 Å². The minimum absolute atomic E-state index is 0. The molecule has 0 spiro atoms. The Morgan fingerprint density at radius 2 is 2.00 bits per heavy atom. The van der Waals surface area contributed by atoms with Crippen LogP contribution in [0.25, 0.3) is 0 Å². The Bertz CT molecular complexity index is 592. The summed E-state index contributed by atoms with van der Waals surface area (Å²) in [6.07, 6.45) is 5.12. The zero-order valence-electron chi connectivity index (χ0n) is 12.9. The topological polar surface area (TPSA) is 46.2 Å². The molecular weight excluding hydrogens is 282 g/mol. The molecule has 1 saturated carbocycles. The molecule has 1 fully saturated rings. The van der Waals surface area contributed by atoms with E-state index in [1.807, 2.05) is 6.07 Å². The highest BCUT2D eigenvalue weighted by atomic mass is 32.2. The molecule has 0 atom stereocenters. The van der Waals surface area contributed by atoms with E-state index in [2.05, 4.69) is 25.1 Å². The van der Waals surface area contributed by atoms with Gasteiger partial charge < -0.3 is 0 Å². The predicted octanol–water partition coefficient (Wildman–Crippen LogP) is 4.13. The summed E-state index contributed by atoms with van der Waals surface area (Å²) in [6.45, 7) is 8.21. The molecule has 118 valence electrons. The van der Waals surface area contributed by atoms with E-state index in [1.54, 1.807) is 24.3 Å². The molecule has 0 radical (unpaired) electrons. The molecule has 1 aromatic rings. The zero-order chi connectivity index (χ0) is 15.5. The molecule has 21 heavy (non-hydrogen) atoms. The summed E-state index contributed by atoms with van der Waals surface area (Å²) in [5.41, 5.74) is 1.50. The lowest BCUT2D eigenvalue weighted by molar-refractivity contribution is 0.0788. The SMILES string of the molecule is C=C(C)CCC1(CC)CC(NS(=O)(=O)c2ccccc2)C1.[HH]. The van der Waals surface area contributed by atoms with Crippen molar-refractivity contribution in [3.63, 3.8) is 0 Å². The van der Waals surface area contributed by atoms with Crippen molar-refractivity contribution >= 4 is 10.0 Å². The smallest absolute Gasteiger partial charge is 0.208 e. The van der Waals surface area contributed by atoms with E-state index in [0.29, 0.717) is 10.3 Å². The summed E-state index contributed by atoms with van der Waals surface area (Å²) in [5.74, 6) is 0. The van der Waals surface area contributed by atoms with Crippen molar-refractivity contribution in [3.05, 3.63) is 42.5 Å². The zero-order valence-corrected chi connectivity index (χ0v) is 13.7. The van der Waals surface area contributed by atoms with Crippen LogP contribution in [0.4, 0.5) is 0 Å². The first-order valence-electron chi connectivity index (χ1n) is 7.59. The van der Waals surface area contributed by atoms with Gasteiger partial charge in [-0.25, -0.2) is 13.1 Å². The van der Waals surface area contributed by atoms with Crippen LogP contribution in [0.2, 0.25) is 0 Å². The van der Waals surface area contributed by atoms with Gasteiger partial charge in [0.25, 0.3) is 0 Å². The standard InChI is InChI=1S/C17H25NO2S.H2/c1-4-17(11-10-14(2)3)12-15(13-17)18-21(19,20)16-8-6-5-7-9-16;/h5-9,15,18H,2,4,10-13H2,1,3H3;1H. The second kappa shape index (κ2) is 6.32. The van der Waals surface area contributed by atoms with Crippen LogP contribution in [-0.4, -0.2) is 14.5 Å². The average Bonchev–Trinajstić information content (AvgIpc) is 2.42. The molecule has 1 N–H and O–H groups in total. The van der Waals surface area contributed by atoms with Crippen molar-refractivity contribution in [1.29, 1.82) is 0 Å². The molecule has 1 aromatic carbocycles. The van der Waals surface area contributed by atoms with E-state index in [4.69, 9.17) is 0 Å². The molecule has 0 unspecified atom stereocenters. The molecular formula is C17H27NO2S. The summed E-state index contributed by atoms with van der Waals surface area (Å²) >= 11 is 0. The van der Waals surface area contributed by atoms with Crippen molar-refractivity contribution in [2.75, 3.05) is 0 Å². The number of hydrogen-bond donors (Lipinski definition) is 1. The highest BCUT2D eigenvalue weighted by Crippen LogP contribution is 2.48. The third-order valence-electron chi connectivity index (χ3n) is 4.57. The normalized spacial score (nSPS) is 25.3. The lowest BCUT2D eigenvalue weighted by atomic mass is 9.61. The van der Waals surface area contributed by atoms with Crippen LogP contribution in [0, 0.1) is 5.41 Å². The summed E-state index contributed by atoms with van der Waals surface area (Å²) < 4.78 is 27.4. The molecule has 0 bridgehead atoms. The molecule has 1 aliphatic carbocycles. The lowest BCUT2D eigenvalue weighted by Crippen LogP contribution is -2.50. The Kier molecular flexibility index (Phi) is 4.89. The van der Waals surface area contributed by atoms with Crippen molar-refractivity contribution in [3.8, 4) is 0 Å². The van der Waals surface area contributed by atoms with E-state index < -0.39 is 10.0 Å². The van der Waals surface area contributed by atoms with Crippen molar-refractivity contribution in [2.45, 2.75) is 56.9 Å². The fraction of sp³-hybridized carbons (Fsp3) is 0.529. The Balaban J connectivity index is 0.00000242. The van der Waals surface area contributed by atoms with Gasteiger partial charge in [-0.05, 0) is 50.2 Å². The third kappa shape index (κ3) is 3.95. The van der Waals surface area contributed by atoms with Crippen LogP contribution in [-0.2, 0) is 10.0 Å². The minimum atomic E-state index is -3.38. The van der Waals surface area contributed by atoms with E-state index in [0.717, 1.165) is 32.1 Å². The molecule has 4 heteroatoms. The van der Waals surface area contributed by atoms with Gasteiger partial charge in [0.05, 0.1) is 4.90 Å². The first-order valence-corrected chi connectivity index (χ1v) is 9.07. The maximum atomic E-state index is 12.3. The van der Waals surface area contributed by atoms with E-state index in [1.165, 1.54) is 5.57 Å². The van der Waals surface area contributed by atoms with Gasteiger partial charge in [0.2, 0.25) is 10.0 Å². The van der Waals surface area contributed by atoms with Crippen molar-refractivity contribution in [1.82, 2.24) is 4.72 Å². The van der Waals surface area contributed by atoms with E-state index >= 15 is 0 Å². The number of nitrogens with one attached hydrogen (secondary N) is 1. The van der Waals surface area contributed by atoms with Crippen LogP contribution in [0.3, 0.4) is 0 Å². The fourth-order valence-electron chi connectivity index (χ4n) is 3.10. The van der Waals surface area contributed by atoms with E-state index in [9.17, 15) is 8.42 Å². The summed E-state index contributed by atoms with van der Waals surface area (Å²) in [5, 5.41) is 0. The van der Waals surface area contributed by atoms with Crippen molar-refractivity contribution < 1.29 is 9.84 Å². The molecule has 1 aliphatic rings. The quantitative estimate of drug-likeness (QED) is 0.770. The van der Waals surface area contributed by atoms with Crippen LogP contribution in [0.15, 0.2) is 47.4 Å². The lowest BCUT2D eigenvalue weighted by Gasteiger charge is -2.48. The molecule has 0 aromatic heterocycles. The highest BCUT2D eigenvalue weighted by Gasteiger charge is 2.43. The molecule has 2 rings (SSSR count). The number of rotatable bonds is 7. The van der Waals surface area contributed by atoms with Gasteiger partial charge in [0, 0.05) is 7.47 Å². The van der Waals surface area contributed by atoms with Crippen LogP contribution >= 0.6 is 0 Å². The van der Waals surface area contributed by atoms with Gasteiger partial charge in [-0.1, -0.05) is 37.1 Å². The largest absolute Gasteiger partial charge is 0.240 e. The Morgan fingerprint density at radius 3 is 2.52 bits per heavy atom. The number of sulfonamides is 1. The highest BCUT2D eigenvalue weighted by molar-refractivity contribution is 7.89. The Labute approximate surface area is 130 Å². The number of hydrogen-bond acceptors (Lipinski definition) is 2. The maximum Gasteiger partial charge on any atom is 0.240 e. The molecule has 3 nitrogen and oxygen atoms in total. The first-order chi connectivity index (χ1) is 9.87. The second-order valence-corrected chi connectivity index (χ2v) is 8.06. The van der Waals surface area contributed by atoms with Gasteiger partial charge in [-0.2, -0.15) is 0 Å². The fourth-order valence-corrected chi connectivity index (χ4v) is 4.36. The van der Waals surface area contributed by atoms with Gasteiger partial charge in [-0.3, -0.25) is 0 Å². The average molecular weight is 309 g/mol. The van der Waals surface area contributed by atoms with Crippen LogP contribution in [0.1, 0.15) is 47.4 Å². The summed E-state index contributed by atoms with van der Waals surface area (Å²) in [7, 11) is -3.38. The summed E-state index contributed by atoms with van der Waals surface area (Å²) in [6, 6.07) is 8.66. The first kappa shape index (κ1) is 16.2. The van der Waals surface area contributed by atoms with E-state index in [-0.39, 0.29) is 7.47 Å². The Morgan fingerprint density at radius 1 is 1.38 bits per heavy atom. The van der Waals surface area contributed by atoms with Gasteiger partial charge >= 0.3 is 0 Å². The van der Waals surface area contributed by atoms with Gasteiger partial charge in [-0.15, -0.1) is 6.58 Å². The second-order valence-electron chi connectivity index (χ2n) is 6.35. The van der Waals surface area contributed by atoms with Crippen LogP contribution in [0.5, 0.6) is 0 Å². The summed E-state index contributed by atoms with van der Waals surface area (Å²) in [4.78, 5) is 0.348. The molecule has 0 saturated heterocycles. The van der Waals surface area contributed by atoms with Gasteiger partial charge in [0.1, 0.15) is 0 Å². The van der Waals surface area contributed by atoms with Gasteiger partial charge in [0.15, 0.2) is 0 Å². The molecule has 0 amide bonds. The number of benzene rings is 1. The minimum Gasteiger partial charge on any atom is -0.208 e. The monoisotopic (exact) mass is 309 g/mol. The predicted molar refractivity (Wildman–Crippen MR) is 88.7 cm³/mol. The molecule has 0 heterocycles. The third-order valence-corrected chi connectivity index (χ3v) is 6.10.